The van der Waals surface area contributed by atoms with Crippen LogP contribution in [0.1, 0.15) is 5.56 Å². The molecule has 1 heterocycles. The number of hydrogen-bond acceptors (Lipinski definition) is 1. The Morgan fingerprint density at radius 1 is 1.55 bits per heavy atom. The predicted octanol–water partition coefficient (Wildman–Crippen LogP) is 3.35. The molecule has 0 aliphatic heterocycles. The molecule has 1 aromatic heterocycles. The summed E-state index contributed by atoms with van der Waals surface area (Å²) in [5.74, 6) is -0.510. The minimum absolute atomic E-state index is 0. The normalized spacial score (nSPS) is 9.00. The summed E-state index contributed by atoms with van der Waals surface area (Å²) in [6.45, 7) is 0. The molecule has 0 aliphatic carbocycles. The van der Waals surface area contributed by atoms with Crippen molar-refractivity contribution in [3.05, 3.63) is 28.8 Å². The Balaban J connectivity index is 0.000001000. The molecule has 1 rings (SSSR count). The molecule has 62 valence electrons. The third-order valence-corrected chi connectivity index (χ3v) is 1.85. The van der Waals surface area contributed by atoms with Crippen LogP contribution in [0, 0.1) is 5.95 Å². The van der Waals surface area contributed by atoms with E-state index in [9.17, 15) is 4.39 Å². The van der Waals surface area contributed by atoms with Gasteiger partial charge >= 0.3 is 0 Å². The third-order valence-electron chi connectivity index (χ3n) is 1.04. The maximum atomic E-state index is 12.6. The Morgan fingerprint density at radius 3 is 2.64 bits per heavy atom. The molecule has 1 aromatic rings. The van der Waals surface area contributed by atoms with Crippen LogP contribution in [0.4, 0.5) is 4.39 Å². The third kappa shape index (κ3) is 3.05. The Bertz CT molecular complexity index is 244. The van der Waals surface area contributed by atoms with E-state index in [-0.39, 0.29) is 22.1 Å². The maximum absolute atomic E-state index is 12.6. The molecule has 0 atom stereocenters. The summed E-state index contributed by atoms with van der Waals surface area (Å²) in [7, 11) is 0. The summed E-state index contributed by atoms with van der Waals surface area (Å²) >= 11 is 8.52. The van der Waals surface area contributed by atoms with Crippen molar-refractivity contribution in [2.45, 2.75) is 5.33 Å². The lowest BCUT2D eigenvalue weighted by atomic mass is 10.3. The second kappa shape index (κ2) is 5.06. The molecule has 0 radical (unpaired) electrons. The van der Waals surface area contributed by atoms with Gasteiger partial charge in [-0.3, -0.25) is 0 Å². The van der Waals surface area contributed by atoms with Crippen molar-refractivity contribution >= 4 is 44.5 Å². The van der Waals surface area contributed by atoms with E-state index >= 15 is 0 Å². The number of aromatic nitrogens is 1. The van der Waals surface area contributed by atoms with Crippen LogP contribution in [-0.2, 0) is 5.33 Å². The van der Waals surface area contributed by atoms with Crippen molar-refractivity contribution in [3.8, 4) is 0 Å². The highest BCUT2D eigenvalue weighted by Gasteiger charge is 2.00. The molecule has 0 spiro atoms. The molecule has 1 nitrogen and oxygen atoms in total. The van der Waals surface area contributed by atoms with E-state index in [1.807, 2.05) is 0 Å². The molecule has 0 aromatic carbocycles. The lowest BCUT2D eigenvalue weighted by Crippen LogP contribution is -1.89. The fraction of sp³-hybridized carbons (Fsp3) is 0.167. The van der Waals surface area contributed by atoms with E-state index < -0.39 is 5.95 Å². The minimum atomic E-state index is -0.510. The second-order valence-corrected chi connectivity index (χ2v) is 2.67. The highest BCUT2D eigenvalue weighted by Crippen LogP contribution is 2.12. The zero-order chi connectivity index (χ0) is 7.56. The molecule has 0 N–H and O–H groups in total. The van der Waals surface area contributed by atoms with Crippen LogP contribution in [0.2, 0.25) is 5.15 Å². The first-order valence-corrected chi connectivity index (χ1v) is 4.11. The van der Waals surface area contributed by atoms with Gasteiger partial charge in [-0.2, -0.15) is 4.39 Å². The first kappa shape index (κ1) is 11.3. The number of nitrogens with zero attached hydrogens (tertiary/aromatic N) is 1. The molecule has 0 unspecified atom stereocenters. The number of hydrogen-bond donors (Lipinski definition) is 0. The molecule has 0 amide bonds. The summed E-state index contributed by atoms with van der Waals surface area (Å²) in [5.41, 5.74) is 0.518. The van der Waals surface area contributed by atoms with Crippen molar-refractivity contribution in [2.24, 2.45) is 0 Å². The van der Waals surface area contributed by atoms with Gasteiger partial charge in [0, 0.05) is 10.9 Å². The van der Waals surface area contributed by atoms with Crippen LogP contribution in [0.3, 0.4) is 0 Å². The molecular formula is C6H5Br2ClFN. The lowest BCUT2D eigenvalue weighted by Gasteiger charge is -1.95. The van der Waals surface area contributed by atoms with Crippen molar-refractivity contribution in [3.63, 3.8) is 0 Å². The van der Waals surface area contributed by atoms with Crippen molar-refractivity contribution in [2.75, 3.05) is 0 Å². The van der Waals surface area contributed by atoms with Crippen LogP contribution in [0.5, 0.6) is 0 Å². The van der Waals surface area contributed by atoms with E-state index in [4.69, 9.17) is 11.6 Å². The summed E-state index contributed by atoms with van der Waals surface area (Å²) in [4.78, 5) is 3.41. The van der Waals surface area contributed by atoms with Crippen molar-refractivity contribution < 1.29 is 4.39 Å². The first-order valence-electron chi connectivity index (χ1n) is 2.61. The number of rotatable bonds is 1. The van der Waals surface area contributed by atoms with Gasteiger partial charge in [-0.1, -0.05) is 33.6 Å². The van der Waals surface area contributed by atoms with Gasteiger partial charge in [0.05, 0.1) is 0 Å². The average Bonchev–Trinajstić information content (AvgIpc) is 1.88. The molecule has 0 aliphatic rings. The Morgan fingerprint density at radius 2 is 2.18 bits per heavy atom. The summed E-state index contributed by atoms with van der Waals surface area (Å²) < 4.78 is 12.6. The number of halogens is 4. The largest absolute Gasteiger partial charge is 0.218 e. The summed E-state index contributed by atoms with van der Waals surface area (Å²) in [6.07, 6.45) is 0. The van der Waals surface area contributed by atoms with E-state index in [1.165, 1.54) is 0 Å². The Kier molecular flexibility index (Phi) is 5.21. The average molecular weight is 305 g/mol. The van der Waals surface area contributed by atoms with Crippen molar-refractivity contribution in [1.82, 2.24) is 4.98 Å². The van der Waals surface area contributed by atoms with Gasteiger partial charge in [0.1, 0.15) is 5.15 Å². The molecular weight excluding hydrogens is 300 g/mol. The van der Waals surface area contributed by atoms with Gasteiger partial charge in [0.15, 0.2) is 0 Å². The van der Waals surface area contributed by atoms with Gasteiger partial charge in [-0.25, -0.2) is 4.98 Å². The minimum Gasteiger partial charge on any atom is -0.208 e. The lowest BCUT2D eigenvalue weighted by molar-refractivity contribution is 0.574. The SMILES string of the molecule is Br.Fc1nc(Cl)ccc1CBr. The molecule has 0 saturated carbocycles. The Hall–Kier alpha value is 0.330. The molecule has 0 bridgehead atoms. The van der Waals surface area contributed by atoms with Crippen LogP contribution < -0.4 is 0 Å². The number of alkyl halides is 1. The zero-order valence-electron chi connectivity index (χ0n) is 5.35. The monoisotopic (exact) mass is 303 g/mol. The predicted molar refractivity (Wildman–Crippen MR) is 52.2 cm³/mol. The van der Waals surface area contributed by atoms with E-state index in [0.717, 1.165) is 0 Å². The summed E-state index contributed by atoms with van der Waals surface area (Å²) in [6, 6.07) is 3.15. The smallest absolute Gasteiger partial charge is 0.208 e. The Labute approximate surface area is 87.9 Å². The van der Waals surface area contributed by atoms with Gasteiger partial charge < -0.3 is 0 Å². The quantitative estimate of drug-likeness (QED) is 0.573. The number of pyridine rings is 1. The van der Waals surface area contributed by atoms with Gasteiger partial charge in [0.25, 0.3) is 0 Å². The topological polar surface area (TPSA) is 12.9 Å². The highest BCUT2D eigenvalue weighted by molar-refractivity contribution is 9.08. The van der Waals surface area contributed by atoms with Gasteiger partial charge in [-0.05, 0) is 6.07 Å². The van der Waals surface area contributed by atoms with E-state index in [1.54, 1.807) is 12.1 Å². The standard InChI is InChI=1S/C6H4BrClFN.BrH/c7-3-4-1-2-5(8)10-6(4)9;/h1-2H,3H2;1H. The van der Waals surface area contributed by atoms with Gasteiger partial charge in [0.2, 0.25) is 5.95 Å². The van der Waals surface area contributed by atoms with Crippen LogP contribution in [-0.4, -0.2) is 4.98 Å². The van der Waals surface area contributed by atoms with E-state index in [2.05, 4.69) is 20.9 Å². The van der Waals surface area contributed by atoms with Crippen LogP contribution in [0.15, 0.2) is 12.1 Å². The molecule has 0 saturated heterocycles. The highest BCUT2D eigenvalue weighted by atomic mass is 79.9. The maximum Gasteiger partial charge on any atom is 0.218 e. The van der Waals surface area contributed by atoms with Crippen molar-refractivity contribution in [1.29, 1.82) is 0 Å². The molecule has 11 heavy (non-hydrogen) atoms. The molecule has 0 fully saturated rings. The zero-order valence-corrected chi connectivity index (χ0v) is 9.41. The van der Waals surface area contributed by atoms with Crippen LogP contribution >= 0.6 is 44.5 Å². The fourth-order valence-corrected chi connectivity index (χ4v) is 1.10. The van der Waals surface area contributed by atoms with Crippen LogP contribution in [0.25, 0.3) is 0 Å². The fourth-order valence-electron chi connectivity index (χ4n) is 0.541. The van der Waals surface area contributed by atoms with E-state index in [0.29, 0.717) is 10.9 Å². The van der Waals surface area contributed by atoms with Gasteiger partial charge in [-0.15, -0.1) is 17.0 Å². The first-order chi connectivity index (χ1) is 4.74. The summed E-state index contributed by atoms with van der Waals surface area (Å²) in [5, 5.41) is 0.644. The molecule has 5 heteroatoms. The second-order valence-electron chi connectivity index (χ2n) is 1.72.